The summed E-state index contributed by atoms with van der Waals surface area (Å²) in [6.45, 7) is 3.89. The Morgan fingerprint density at radius 2 is 1.45 bits per heavy atom. The molecule has 1 aliphatic rings. The number of nitrogens with one attached hydrogen (secondary N) is 1. The predicted octanol–water partition coefficient (Wildman–Crippen LogP) is 5.23. The topological polar surface area (TPSA) is 54.3 Å². The molecule has 1 fully saturated rings. The van der Waals surface area contributed by atoms with Crippen molar-refractivity contribution in [3.05, 3.63) is 87.2 Å². The van der Waals surface area contributed by atoms with Crippen molar-refractivity contribution in [2.24, 2.45) is 0 Å². The second-order valence-corrected chi connectivity index (χ2v) is 8.33. The fraction of sp³-hybridized carbons (Fsp3) is 0.0870. The van der Waals surface area contributed by atoms with Gasteiger partial charge in [0.15, 0.2) is 5.11 Å². The third-order valence-electron chi connectivity index (χ3n) is 5.04. The summed E-state index contributed by atoms with van der Waals surface area (Å²) >= 11 is 17.2. The van der Waals surface area contributed by atoms with Gasteiger partial charge in [-0.3, -0.25) is 19.8 Å². The highest BCUT2D eigenvalue weighted by Crippen LogP contribution is 2.27. The highest BCUT2D eigenvalue weighted by atomic mass is 35.5. The summed E-state index contributed by atoms with van der Waals surface area (Å²) in [5.74, 6) is -1.02. The SMILES string of the molecule is Cc1cc(C=C2C(=O)NC(=S)N(c3ccc(Cl)cc3)C2=O)c(C)n1-c1ccc(Cl)cc1. The van der Waals surface area contributed by atoms with Crippen LogP contribution in [-0.2, 0) is 9.59 Å². The van der Waals surface area contributed by atoms with E-state index in [9.17, 15) is 9.59 Å². The Kier molecular flexibility index (Phi) is 5.71. The summed E-state index contributed by atoms with van der Waals surface area (Å²) in [7, 11) is 0. The molecule has 0 aliphatic carbocycles. The molecule has 0 atom stereocenters. The van der Waals surface area contributed by atoms with Crippen LogP contribution < -0.4 is 10.2 Å². The minimum Gasteiger partial charge on any atom is -0.318 e. The number of halogens is 2. The lowest BCUT2D eigenvalue weighted by Crippen LogP contribution is -2.54. The number of benzene rings is 2. The summed E-state index contributed by atoms with van der Waals surface area (Å²) in [5, 5.41) is 3.81. The molecular weight excluding hydrogens is 453 g/mol. The molecule has 3 aromatic rings. The van der Waals surface area contributed by atoms with Crippen molar-refractivity contribution in [1.29, 1.82) is 0 Å². The molecule has 1 aliphatic heterocycles. The number of thiocarbonyl (C=S) groups is 1. The Morgan fingerprint density at radius 3 is 2.03 bits per heavy atom. The summed E-state index contributed by atoms with van der Waals surface area (Å²) in [4.78, 5) is 27.1. The van der Waals surface area contributed by atoms with E-state index in [4.69, 9.17) is 35.4 Å². The first-order chi connectivity index (χ1) is 14.8. The van der Waals surface area contributed by atoms with Crippen molar-refractivity contribution in [3.63, 3.8) is 0 Å². The van der Waals surface area contributed by atoms with E-state index >= 15 is 0 Å². The Hall–Kier alpha value is -2.93. The third kappa shape index (κ3) is 4.02. The van der Waals surface area contributed by atoms with Gasteiger partial charge in [0.25, 0.3) is 11.8 Å². The van der Waals surface area contributed by atoms with Gasteiger partial charge >= 0.3 is 0 Å². The molecule has 0 spiro atoms. The van der Waals surface area contributed by atoms with Crippen LogP contribution in [0, 0.1) is 13.8 Å². The zero-order valence-electron chi connectivity index (χ0n) is 16.6. The number of aryl methyl sites for hydroxylation is 1. The number of hydrogen-bond donors (Lipinski definition) is 1. The van der Waals surface area contributed by atoms with Crippen LogP contribution >= 0.6 is 35.4 Å². The molecule has 31 heavy (non-hydrogen) atoms. The normalized spacial score (nSPS) is 15.5. The van der Waals surface area contributed by atoms with Crippen molar-refractivity contribution in [2.45, 2.75) is 13.8 Å². The summed E-state index contributed by atoms with van der Waals surface area (Å²) in [6, 6.07) is 16.1. The number of nitrogens with zero attached hydrogens (tertiary/aromatic N) is 2. The van der Waals surface area contributed by atoms with Gasteiger partial charge in [0.1, 0.15) is 5.57 Å². The fourth-order valence-electron chi connectivity index (χ4n) is 3.56. The van der Waals surface area contributed by atoms with Gasteiger partial charge in [0.2, 0.25) is 0 Å². The Balaban J connectivity index is 1.75. The van der Waals surface area contributed by atoms with Crippen molar-refractivity contribution in [3.8, 4) is 5.69 Å². The van der Waals surface area contributed by atoms with Crippen molar-refractivity contribution in [1.82, 2.24) is 9.88 Å². The maximum Gasteiger partial charge on any atom is 0.270 e. The van der Waals surface area contributed by atoms with Crippen LogP contribution in [0.3, 0.4) is 0 Å². The molecule has 1 aromatic heterocycles. The largest absolute Gasteiger partial charge is 0.318 e. The van der Waals surface area contributed by atoms with Gasteiger partial charge in [0.05, 0.1) is 5.69 Å². The number of rotatable bonds is 3. The monoisotopic (exact) mass is 469 g/mol. The highest BCUT2D eigenvalue weighted by Gasteiger charge is 2.34. The molecule has 2 amide bonds. The standard InChI is InChI=1S/C23H17Cl2N3O2S/c1-13-11-15(14(2)27(13)18-7-3-16(24)4-8-18)12-20-21(29)26-23(31)28(22(20)30)19-9-5-17(25)6-10-19/h3-12H,1-2H3,(H,26,29,31). The molecule has 0 saturated carbocycles. The molecule has 156 valence electrons. The lowest BCUT2D eigenvalue weighted by molar-refractivity contribution is -0.122. The molecule has 0 radical (unpaired) electrons. The van der Waals surface area contributed by atoms with Crippen molar-refractivity contribution in [2.75, 3.05) is 4.90 Å². The van der Waals surface area contributed by atoms with E-state index in [1.165, 1.54) is 4.90 Å². The van der Waals surface area contributed by atoms with Crippen LogP contribution in [0.2, 0.25) is 10.0 Å². The smallest absolute Gasteiger partial charge is 0.270 e. The van der Waals surface area contributed by atoms with Crippen LogP contribution in [0.15, 0.2) is 60.2 Å². The van der Waals surface area contributed by atoms with E-state index in [1.54, 1.807) is 30.3 Å². The van der Waals surface area contributed by atoms with Gasteiger partial charge in [-0.15, -0.1) is 0 Å². The Labute approximate surface area is 194 Å². The van der Waals surface area contributed by atoms with Crippen molar-refractivity contribution < 1.29 is 9.59 Å². The zero-order valence-corrected chi connectivity index (χ0v) is 19.0. The molecule has 2 aromatic carbocycles. The lowest BCUT2D eigenvalue weighted by Gasteiger charge is -2.28. The lowest BCUT2D eigenvalue weighted by atomic mass is 10.1. The van der Waals surface area contributed by atoms with E-state index in [0.29, 0.717) is 15.7 Å². The van der Waals surface area contributed by atoms with E-state index < -0.39 is 11.8 Å². The zero-order chi connectivity index (χ0) is 22.3. The summed E-state index contributed by atoms with van der Waals surface area (Å²) in [5.41, 5.74) is 4.07. The number of aromatic nitrogens is 1. The maximum absolute atomic E-state index is 13.2. The van der Waals surface area contributed by atoms with Gasteiger partial charge in [-0.25, -0.2) is 0 Å². The summed E-state index contributed by atoms with van der Waals surface area (Å²) < 4.78 is 2.04. The molecule has 4 rings (SSSR count). The maximum atomic E-state index is 13.2. The molecule has 0 unspecified atom stereocenters. The van der Waals surface area contributed by atoms with Crippen LogP contribution in [0.25, 0.3) is 11.8 Å². The van der Waals surface area contributed by atoms with E-state index in [-0.39, 0.29) is 10.7 Å². The summed E-state index contributed by atoms with van der Waals surface area (Å²) in [6.07, 6.45) is 1.59. The van der Waals surface area contributed by atoms with Gasteiger partial charge < -0.3 is 4.57 Å². The number of carbonyl (C=O) groups excluding carboxylic acids is 2. The minimum atomic E-state index is -0.531. The first-order valence-electron chi connectivity index (χ1n) is 9.38. The van der Waals surface area contributed by atoms with Crippen molar-refractivity contribution >= 4 is 64.1 Å². The molecule has 2 heterocycles. The van der Waals surface area contributed by atoms with Gasteiger partial charge in [-0.1, -0.05) is 23.2 Å². The number of hydrogen-bond acceptors (Lipinski definition) is 3. The second-order valence-electron chi connectivity index (χ2n) is 7.07. The Morgan fingerprint density at radius 1 is 0.903 bits per heavy atom. The molecule has 0 bridgehead atoms. The predicted molar refractivity (Wildman–Crippen MR) is 128 cm³/mol. The number of amides is 2. The average molecular weight is 470 g/mol. The number of anilines is 1. The van der Waals surface area contributed by atoms with Crippen LogP contribution in [0.4, 0.5) is 5.69 Å². The van der Waals surface area contributed by atoms with Gasteiger partial charge in [-0.05, 0) is 92.3 Å². The van der Waals surface area contributed by atoms with Crippen LogP contribution in [0.1, 0.15) is 17.0 Å². The molecular formula is C23H17Cl2N3O2S. The molecule has 1 N–H and O–H groups in total. The molecule has 1 saturated heterocycles. The van der Waals surface area contributed by atoms with Crippen LogP contribution in [0.5, 0.6) is 0 Å². The number of carbonyl (C=O) groups is 2. The van der Waals surface area contributed by atoms with Crippen LogP contribution in [-0.4, -0.2) is 21.5 Å². The average Bonchev–Trinajstić information content (AvgIpc) is 3.00. The highest BCUT2D eigenvalue weighted by molar-refractivity contribution is 7.80. The van der Waals surface area contributed by atoms with Gasteiger partial charge in [-0.2, -0.15) is 0 Å². The molecule has 8 heteroatoms. The fourth-order valence-corrected chi connectivity index (χ4v) is 4.09. The van der Waals surface area contributed by atoms with E-state index in [1.807, 2.05) is 48.7 Å². The Bertz CT molecular complexity index is 1250. The third-order valence-corrected chi connectivity index (χ3v) is 5.83. The second kappa shape index (κ2) is 8.30. The minimum absolute atomic E-state index is 0.0000869. The van der Waals surface area contributed by atoms with E-state index in [2.05, 4.69) is 5.32 Å². The van der Waals surface area contributed by atoms with Gasteiger partial charge in [0, 0.05) is 27.1 Å². The van der Waals surface area contributed by atoms with E-state index in [0.717, 1.165) is 22.6 Å². The quantitative estimate of drug-likeness (QED) is 0.324. The first kappa shape index (κ1) is 21.3. The first-order valence-corrected chi connectivity index (χ1v) is 10.5. The molecule has 5 nitrogen and oxygen atoms in total.